The van der Waals surface area contributed by atoms with Gasteiger partial charge in [0.2, 0.25) is 0 Å². The number of halogens is 1. The van der Waals surface area contributed by atoms with Crippen LogP contribution in [0.5, 0.6) is 0 Å². The zero-order valence-corrected chi connectivity index (χ0v) is 11.3. The van der Waals surface area contributed by atoms with Gasteiger partial charge in [-0.05, 0) is 25.5 Å². The van der Waals surface area contributed by atoms with Gasteiger partial charge in [-0.15, -0.1) is 11.3 Å². The molecule has 0 saturated carbocycles. The fourth-order valence-corrected chi connectivity index (χ4v) is 2.87. The Labute approximate surface area is 110 Å². The number of thiazole rings is 1. The average Bonchev–Trinajstić information content (AvgIpc) is 2.66. The summed E-state index contributed by atoms with van der Waals surface area (Å²) in [6.45, 7) is 3.64. The van der Waals surface area contributed by atoms with E-state index in [0.717, 1.165) is 10.7 Å². The number of rotatable bonds is 4. The molecule has 2 rings (SSSR count). The van der Waals surface area contributed by atoms with Gasteiger partial charge in [-0.2, -0.15) is 0 Å². The van der Waals surface area contributed by atoms with Crippen LogP contribution in [0.4, 0.5) is 4.39 Å². The monoisotopic (exact) mass is 265 g/mol. The van der Waals surface area contributed by atoms with Crippen molar-refractivity contribution in [2.45, 2.75) is 32.3 Å². The number of benzene rings is 1. The van der Waals surface area contributed by atoms with Gasteiger partial charge in [0, 0.05) is 23.9 Å². The summed E-state index contributed by atoms with van der Waals surface area (Å²) in [6, 6.07) is 6.55. The van der Waals surface area contributed by atoms with Crippen molar-refractivity contribution in [1.29, 1.82) is 0 Å². The van der Waals surface area contributed by atoms with Crippen LogP contribution in [0.3, 0.4) is 0 Å². The van der Waals surface area contributed by atoms with E-state index in [1.807, 2.05) is 12.3 Å². The van der Waals surface area contributed by atoms with Gasteiger partial charge in [0.05, 0.1) is 10.6 Å². The Kier molecular flexibility index (Phi) is 3.78. The second kappa shape index (κ2) is 5.16. The minimum absolute atomic E-state index is 0.270. The summed E-state index contributed by atoms with van der Waals surface area (Å²) < 4.78 is 13.5. The molecule has 1 aromatic carbocycles. The molecule has 0 aliphatic rings. The van der Waals surface area contributed by atoms with Gasteiger partial charge < -0.3 is 5.11 Å². The van der Waals surface area contributed by atoms with Crippen LogP contribution in [0, 0.1) is 12.7 Å². The largest absolute Gasteiger partial charge is 0.389 e. The molecule has 0 amide bonds. The molecule has 96 valence electrons. The van der Waals surface area contributed by atoms with E-state index in [1.54, 1.807) is 25.1 Å². The third-order valence-electron chi connectivity index (χ3n) is 2.73. The number of aromatic nitrogens is 1. The molecule has 0 spiro atoms. The predicted octanol–water partition coefficient (Wildman–Crippen LogP) is 3.13. The smallest absolute Gasteiger partial charge is 0.126 e. The van der Waals surface area contributed by atoms with Crippen molar-refractivity contribution < 1.29 is 9.50 Å². The number of nitrogens with zero attached hydrogens (tertiary/aromatic N) is 1. The molecule has 2 aromatic rings. The van der Waals surface area contributed by atoms with Crippen molar-refractivity contribution in [2.75, 3.05) is 0 Å². The maximum Gasteiger partial charge on any atom is 0.126 e. The van der Waals surface area contributed by atoms with Crippen LogP contribution in [-0.4, -0.2) is 15.7 Å². The molecule has 1 aromatic heterocycles. The maximum atomic E-state index is 13.5. The quantitative estimate of drug-likeness (QED) is 0.921. The number of hydrogen-bond acceptors (Lipinski definition) is 3. The predicted molar refractivity (Wildman–Crippen MR) is 71.3 cm³/mol. The highest BCUT2D eigenvalue weighted by atomic mass is 32.1. The van der Waals surface area contributed by atoms with Gasteiger partial charge in [-0.3, -0.25) is 0 Å². The Morgan fingerprint density at radius 3 is 2.67 bits per heavy atom. The standard InChI is InChI=1S/C14H16FNOS/c1-10-9-18-13(16-10)8-14(2,17)7-11-5-3-4-6-12(11)15/h3-6,9,17H,7-8H2,1-2H3. The Morgan fingerprint density at radius 2 is 2.06 bits per heavy atom. The molecule has 18 heavy (non-hydrogen) atoms. The van der Waals surface area contributed by atoms with Crippen molar-refractivity contribution in [1.82, 2.24) is 4.98 Å². The first-order valence-corrected chi connectivity index (χ1v) is 6.71. The molecule has 0 radical (unpaired) electrons. The fourth-order valence-electron chi connectivity index (χ4n) is 1.92. The molecule has 0 bridgehead atoms. The Bertz CT molecular complexity index is 536. The highest BCUT2D eigenvalue weighted by molar-refractivity contribution is 7.09. The van der Waals surface area contributed by atoms with E-state index < -0.39 is 5.60 Å². The SMILES string of the molecule is Cc1csc(CC(C)(O)Cc2ccccc2F)n1. The Balaban J connectivity index is 2.10. The Hall–Kier alpha value is -1.26. The molecule has 0 saturated heterocycles. The fraction of sp³-hybridized carbons (Fsp3) is 0.357. The molecule has 4 heteroatoms. The molecule has 0 aliphatic carbocycles. The minimum Gasteiger partial charge on any atom is -0.389 e. The zero-order chi connectivity index (χ0) is 13.2. The molecule has 0 aliphatic heterocycles. The average molecular weight is 265 g/mol. The van der Waals surface area contributed by atoms with Crippen LogP contribution in [0.1, 0.15) is 23.2 Å². The van der Waals surface area contributed by atoms with Crippen LogP contribution in [-0.2, 0) is 12.8 Å². The van der Waals surface area contributed by atoms with Crippen molar-refractivity contribution in [3.05, 3.63) is 51.7 Å². The van der Waals surface area contributed by atoms with E-state index in [2.05, 4.69) is 4.98 Å². The summed E-state index contributed by atoms with van der Waals surface area (Å²) in [5, 5.41) is 13.2. The van der Waals surface area contributed by atoms with Gasteiger partial charge >= 0.3 is 0 Å². The molecule has 1 N–H and O–H groups in total. The van der Waals surface area contributed by atoms with Crippen LogP contribution < -0.4 is 0 Å². The summed E-state index contributed by atoms with van der Waals surface area (Å²) >= 11 is 1.53. The lowest BCUT2D eigenvalue weighted by Gasteiger charge is -2.22. The van der Waals surface area contributed by atoms with Crippen LogP contribution >= 0.6 is 11.3 Å². The summed E-state index contributed by atoms with van der Waals surface area (Å²) in [4.78, 5) is 4.32. The third kappa shape index (κ3) is 3.37. The van der Waals surface area contributed by atoms with Crippen molar-refractivity contribution in [3.8, 4) is 0 Å². The highest BCUT2D eigenvalue weighted by Crippen LogP contribution is 2.22. The summed E-state index contributed by atoms with van der Waals surface area (Å²) in [5.41, 5.74) is 0.513. The molecule has 1 unspecified atom stereocenters. The first-order valence-electron chi connectivity index (χ1n) is 5.83. The lowest BCUT2D eigenvalue weighted by Crippen LogP contribution is -2.30. The molecular weight excluding hydrogens is 249 g/mol. The number of hydrogen-bond donors (Lipinski definition) is 1. The van der Waals surface area contributed by atoms with Gasteiger partial charge in [-0.25, -0.2) is 9.37 Å². The first kappa shape index (κ1) is 13.2. The normalized spacial score (nSPS) is 14.4. The van der Waals surface area contributed by atoms with E-state index in [9.17, 15) is 9.50 Å². The van der Waals surface area contributed by atoms with Gasteiger partial charge in [0.25, 0.3) is 0 Å². The molecule has 2 nitrogen and oxygen atoms in total. The van der Waals surface area contributed by atoms with Crippen LogP contribution in [0.2, 0.25) is 0 Å². The van der Waals surface area contributed by atoms with Crippen molar-refractivity contribution in [3.63, 3.8) is 0 Å². The van der Waals surface area contributed by atoms with Gasteiger partial charge in [0.1, 0.15) is 5.82 Å². The van der Waals surface area contributed by atoms with E-state index in [-0.39, 0.29) is 12.2 Å². The zero-order valence-electron chi connectivity index (χ0n) is 10.5. The topological polar surface area (TPSA) is 33.1 Å². The third-order valence-corrected chi connectivity index (χ3v) is 3.69. The van der Waals surface area contributed by atoms with E-state index >= 15 is 0 Å². The summed E-state index contributed by atoms with van der Waals surface area (Å²) in [7, 11) is 0. The first-order chi connectivity index (χ1) is 8.46. The van der Waals surface area contributed by atoms with Crippen molar-refractivity contribution in [2.24, 2.45) is 0 Å². The number of aliphatic hydroxyl groups is 1. The second-order valence-electron chi connectivity index (χ2n) is 4.82. The maximum absolute atomic E-state index is 13.5. The van der Waals surface area contributed by atoms with E-state index in [0.29, 0.717) is 12.0 Å². The lowest BCUT2D eigenvalue weighted by atomic mass is 9.93. The molecule has 1 heterocycles. The minimum atomic E-state index is -0.980. The Morgan fingerprint density at radius 1 is 1.33 bits per heavy atom. The molecule has 0 fully saturated rings. The lowest BCUT2D eigenvalue weighted by molar-refractivity contribution is 0.0598. The second-order valence-corrected chi connectivity index (χ2v) is 5.77. The van der Waals surface area contributed by atoms with Crippen LogP contribution in [0.25, 0.3) is 0 Å². The van der Waals surface area contributed by atoms with E-state index in [1.165, 1.54) is 17.4 Å². The number of aryl methyl sites for hydroxylation is 1. The van der Waals surface area contributed by atoms with Crippen LogP contribution in [0.15, 0.2) is 29.6 Å². The molecule has 1 atom stereocenters. The van der Waals surface area contributed by atoms with Gasteiger partial charge in [0.15, 0.2) is 0 Å². The van der Waals surface area contributed by atoms with Crippen molar-refractivity contribution >= 4 is 11.3 Å². The molecular formula is C14H16FNOS. The summed E-state index contributed by atoms with van der Waals surface area (Å²) in [5.74, 6) is -0.270. The van der Waals surface area contributed by atoms with Gasteiger partial charge in [-0.1, -0.05) is 18.2 Å². The van der Waals surface area contributed by atoms with E-state index in [4.69, 9.17) is 0 Å². The summed E-state index contributed by atoms with van der Waals surface area (Å²) in [6.07, 6.45) is 0.734. The highest BCUT2D eigenvalue weighted by Gasteiger charge is 2.24.